The molecule has 0 aromatic heterocycles. The van der Waals surface area contributed by atoms with Crippen LogP contribution in [0.1, 0.15) is 12.0 Å². The normalized spacial score (nSPS) is 16.0. The van der Waals surface area contributed by atoms with Gasteiger partial charge in [0.25, 0.3) is 0 Å². The number of aryl methyl sites for hydroxylation is 1. The van der Waals surface area contributed by atoms with Crippen LogP contribution in [0.2, 0.25) is 0 Å². The Labute approximate surface area is 107 Å². The molecule has 1 aromatic carbocycles. The number of hydrogen-bond donors (Lipinski definition) is 1. The average molecular weight is 275 g/mol. The Balaban J connectivity index is 2.42. The number of ketones is 1. The Morgan fingerprint density at radius 3 is 2.58 bits per heavy atom. The summed E-state index contributed by atoms with van der Waals surface area (Å²) < 4.78 is 41.0. The zero-order valence-electron chi connectivity index (χ0n) is 10.1. The quantitative estimate of drug-likeness (QED) is 0.900. The Morgan fingerprint density at radius 1 is 1.37 bits per heavy atom. The van der Waals surface area contributed by atoms with Gasteiger partial charge in [0.05, 0.1) is 12.2 Å². The SMILES string of the molecule is Cc1cc(O)cc(OC(F)(F)F)c1N1CCC(=O)C1. The van der Waals surface area contributed by atoms with E-state index in [1.54, 1.807) is 6.92 Å². The third-order valence-electron chi connectivity index (χ3n) is 2.82. The molecule has 0 aliphatic carbocycles. The first-order valence-electron chi connectivity index (χ1n) is 5.62. The Kier molecular flexibility index (Phi) is 3.30. The van der Waals surface area contributed by atoms with Crippen molar-refractivity contribution in [3.8, 4) is 11.5 Å². The van der Waals surface area contributed by atoms with Crippen molar-refractivity contribution >= 4 is 11.5 Å². The third-order valence-corrected chi connectivity index (χ3v) is 2.82. The first-order chi connectivity index (χ1) is 8.76. The van der Waals surface area contributed by atoms with Gasteiger partial charge in [-0.2, -0.15) is 0 Å². The van der Waals surface area contributed by atoms with Gasteiger partial charge in [0.1, 0.15) is 5.75 Å². The molecule has 1 heterocycles. The molecule has 1 aliphatic rings. The van der Waals surface area contributed by atoms with Gasteiger partial charge in [-0.15, -0.1) is 13.2 Å². The van der Waals surface area contributed by atoms with Gasteiger partial charge in [0, 0.05) is 19.0 Å². The number of aromatic hydroxyl groups is 1. The largest absolute Gasteiger partial charge is 0.573 e. The summed E-state index contributed by atoms with van der Waals surface area (Å²) in [5.41, 5.74) is 0.620. The van der Waals surface area contributed by atoms with E-state index in [1.807, 2.05) is 0 Å². The fourth-order valence-corrected chi connectivity index (χ4v) is 2.16. The van der Waals surface area contributed by atoms with E-state index in [-0.39, 0.29) is 23.8 Å². The van der Waals surface area contributed by atoms with Crippen LogP contribution in [-0.2, 0) is 4.79 Å². The number of anilines is 1. The van der Waals surface area contributed by atoms with E-state index in [4.69, 9.17) is 0 Å². The van der Waals surface area contributed by atoms with Gasteiger partial charge in [-0.3, -0.25) is 4.79 Å². The average Bonchev–Trinajstić information content (AvgIpc) is 2.60. The van der Waals surface area contributed by atoms with Crippen LogP contribution in [0, 0.1) is 6.92 Å². The number of Topliss-reactive ketones (excluding diaryl/α,β-unsaturated/α-hetero) is 1. The van der Waals surface area contributed by atoms with Crippen molar-refractivity contribution in [2.45, 2.75) is 19.7 Å². The fourth-order valence-electron chi connectivity index (χ4n) is 2.16. The standard InChI is InChI=1S/C12H12F3NO3/c1-7-4-9(18)5-10(19-12(13,14)15)11(7)16-3-2-8(17)6-16/h4-5,18H,2-3,6H2,1H3. The minimum absolute atomic E-state index is 0.0366. The maximum atomic E-state index is 12.4. The summed E-state index contributed by atoms with van der Waals surface area (Å²) in [7, 11) is 0. The van der Waals surface area contributed by atoms with Crippen LogP contribution < -0.4 is 9.64 Å². The molecule has 19 heavy (non-hydrogen) atoms. The number of phenols is 1. The smallest absolute Gasteiger partial charge is 0.508 e. The Morgan fingerprint density at radius 2 is 2.05 bits per heavy atom. The Hall–Kier alpha value is -1.92. The van der Waals surface area contributed by atoms with Crippen LogP contribution in [-0.4, -0.2) is 30.3 Å². The van der Waals surface area contributed by atoms with Crippen LogP contribution in [0.5, 0.6) is 11.5 Å². The van der Waals surface area contributed by atoms with E-state index in [0.717, 1.165) is 6.07 Å². The molecule has 1 N–H and O–H groups in total. The summed E-state index contributed by atoms with van der Waals surface area (Å²) >= 11 is 0. The van der Waals surface area contributed by atoms with Gasteiger partial charge in [-0.25, -0.2) is 0 Å². The third kappa shape index (κ3) is 3.10. The number of carbonyl (C=O) groups excluding carboxylic acids is 1. The summed E-state index contributed by atoms with van der Waals surface area (Å²) in [6, 6.07) is 2.24. The second-order valence-electron chi connectivity index (χ2n) is 4.37. The first kappa shape index (κ1) is 13.5. The summed E-state index contributed by atoms with van der Waals surface area (Å²) in [5, 5.41) is 9.38. The van der Waals surface area contributed by atoms with Gasteiger partial charge in [-0.1, -0.05) is 0 Å². The lowest BCUT2D eigenvalue weighted by atomic mass is 10.1. The molecular formula is C12H12F3NO3. The number of hydrogen-bond acceptors (Lipinski definition) is 4. The predicted molar refractivity (Wildman–Crippen MR) is 61.4 cm³/mol. The summed E-state index contributed by atoms with van der Waals surface area (Å²) in [5.74, 6) is -0.837. The van der Waals surface area contributed by atoms with E-state index in [9.17, 15) is 23.1 Å². The minimum Gasteiger partial charge on any atom is -0.508 e. The zero-order valence-corrected chi connectivity index (χ0v) is 10.1. The monoisotopic (exact) mass is 275 g/mol. The van der Waals surface area contributed by atoms with Gasteiger partial charge in [-0.05, 0) is 18.6 Å². The van der Waals surface area contributed by atoms with Crippen molar-refractivity contribution in [3.05, 3.63) is 17.7 Å². The van der Waals surface area contributed by atoms with E-state index < -0.39 is 12.1 Å². The van der Waals surface area contributed by atoms with Gasteiger partial charge in [0.15, 0.2) is 11.5 Å². The van der Waals surface area contributed by atoms with Crippen molar-refractivity contribution in [3.63, 3.8) is 0 Å². The highest BCUT2D eigenvalue weighted by molar-refractivity contribution is 5.88. The number of nitrogens with zero attached hydrogens (tertiary/aromatic N) is 1. The highest BCUT2D eigenvalue weighted by Gasteiger charge is 2.34. The predicted octanol–water partition coefficient (Wildman–Crippen LogP) is 2.38. The highest BCUT2D eigenvalue weighted by atomic mass is 19.4. The lowest BCUT2D eigenvalue weighted by Crippen LogP contribution is -2.24. The molecule has 7 heteroatoms. The Bertz CT molecular complexity index is 514. The molecule has 1 aliphatic heterocycles. The van der Waals surface area contributed by atoms with Crippen LogP contribution in [0.15, 0.2) is 12.1 Å². The highest BCUT2D eigenvalue weighted by Crippen LogP contribution is 2.39. The summed E-state index contributed by atoms with van der Waals surface area (Å²) in [6.07, 6.45) is -4.55. The molecule has 0 unspecified atom stereocenters. The number of phenolic OH excluding ortho intramolecular Hbond substituents is 1. The molecule has 0 spiro atoms. The van der Waals surface area contributed by atoms with Crippen molar-refractivity contribution in [1.82, 2.24) is 0 Å². The maximum absolute atomic E-state index is 12.4. The molecule has 0 amide bonds. The van der Waals surface area contributed by atoms with Crippen molar-refractivity contribution in [2.75, 3.05) is 18.0 Å². The number of alkyl halides is 3. The van der Waals surface area contributed by atoms with Gasteiger partial charge in [0.2, 0.25) is 0 Å². The van der Waals surface area contributed by atoms with E-state index in [2.05, 4.69) is 4.74 Å². The number of ether oxygens (including phenoxy) is 1. The number of carbonyl (C=O) groups is 1. The fraction of sp³-hybridized carbons (Fsp3) is 0.417. The first-order valence-corrected chi connectivity index (χ1v) is 5.62. The van der Waals surface area contributed by atoms with E-state index in [0.29, 0.717) is 18.5 Å². The molecule has 0 saturated carbocycles. The second-order valence-corrected chi connectivity index (χ2v) is 4.37. The molecule has 0 atom stereocenters. The molecule has 4 nitrogen and oxygen atoms in total. The topological polar surface area (TPSA) is 49.8 Å². The second kappa shape index (κ2) is 4.64. The van der Waals surface area contributed by atoms with Crippen LogP contribution >= 0.6 is 0 Å². The number of rotatable bonds is 2. The van der Waals surface area contributed by atoms with Gasteiger partial charge >= 0.3 is 6.36 Å². The number of halogens is 3. The molecule has 1 fully saturated rings. The maximum Gasteiger partial charge on any atom is 0.573 e. The van der Waals surface area contributed by atoms with Crippen LogP contribution in [0.4, 0.5) is 18.9 Å². The molecule has 0 bridgehead atoms. The zero-order chi connectivity index (χ0) is 14.2. The van der Waals surface area contributed by atoms with Gasteiger partial charge < -0.3 is 14.7 Å². The molecule has 1 saturated heterocycles. The molecular weight excluding hydrogens is 263 g/mol. The summed E-state index contributed by atoms with van der Waals surface area (Å²) in [4.78, 5) is 12.8. The van der Waals surface area contributed by atoms with E-state index >= 15 is 0 Å². The van der Waals surface area contributed by atoms with Crippen LogP contribution in [0.25, 0.3) is 0 Å². The molecule has 2 rings (SSSR count). The lowest BCUT2D eigenvalue weighted by Gasteiger charge is -2.23. The molecule has 104 valence electrons. The number of benzene rings is 1. The van der Waals surface area contributed by atoms with Crippen molar-refractivity contribution < 1.29 is 27.8 Å². The van der Waals surface area contributed by atoms with E-state index in [1.165, 1.54) is 11.0 Å². The minimum atomic E-state index is -4.85. The van der Waals surface area contributed by atoms with Crippen molar-refractivity contribution in [2.24, 2.45) is 0 Å². The summed E-state index contributed by atoms with van der Waals surface area (Å²) in [6.45, 7) is 1.96. The lowest BCUT2D eigenvalue weighted by molar-refractivity contribution is -0.274. The molecule has 0 radical (unpaired) electrons. The van der Waals surface area contributed by atoms with Crippen LogP contribution in [0.3, 0.4) is 0 Å². The van der Waals surface area contributed by atoms with Crippen molar-refractivity contribution in [1.29, 1.82) is 0 Å². The molecule has 1 aromatic rings.